The molecule has 2 amide bonds. The predicted molar refractivity (Wildman–Crippen MR) is 123 cm³/mol. The number of nitrogens with zero attached hydrogens (tertiary/aromatic N) is 2. The molecule has 0 aliphatic heterocycles. The molecule has 30 heavy (non-hydrogen) atoms. The van der Waals surface area contributed by atoms with Crippen LogP contribution >= 0.6 is 0 Å². The molecule has 0 atom stereocenters. The summed E-state index contributed by atoms with van der Waals surface area (Å²) in [6.07, 6.45) is 10.2. The normalized spacial score (nSPS) is 23.0. The first kappa shape index (κ1) is 24.5. The molecule has 0 radical (unpaired) electrons. The Morgan fingerprint density at radius 3 is 1.30 bits per heavy atom. The number of carbonyl (C=O) groups excluding carboxylic acids is 2. The van der Waals surface area contributed by atoms with Gasteiger partial charge in [-0.15, -0.1) is 0 Å². The van der Waals surface area contributed by atoms with Crippen molar-refractivity contribution < 1.29 is 9.59 Å². The summed E-state index contributed by atoms with van der Waals surface area (Å²) in [5.74, 6) is -0.115. The zero-order valence-electron chi connectivity index (χ0n) is 19.9. The highest BCUT2D eigenvalue weighted by atomic mass is 16.2. The molecule has 170 valence electrons. The van der Waals surface area contributed by atoms with Gasteiger partial charge in [0.15, 0.2) is 0 Å². The molecule has 0 aromatic heterocycles. The van der Waals surface area contributed by atoms with E-state index in [9.17, 15) is 9.59 Å². The Labute approximate surface area is 182 Å². The summed E-state index contributed by atoms with van der Waals surface area (Å²) < 4.78 is 0. The fourth-order valence-corrected chi connectivity index (χ4v) is 4.63. The Hall–Kier alpha value is -1.72. The van der Waals surface area contributed by atoms with Gasteiger partial charge >= 0.3 is 11.8 Å². The van der Waals surface area contributed by atoms with E-state index in [1.807, 2.05) is 0 Å². The van der Waals surface area contributed by atoms with Crippen molar-refractivity contribution >= 4 is 23.2 Å². The summed E-state index contributed by atoms with van der Waals surface area (Å²) >= 11 is 0. The van der Waals surface area contributed by atoms with Gasteiger partial charge in [0.1, 0.15) is 0 Å². The van der Waals surface area contributed by atoms with Crippen LogP contribution in [0.5, 0.6) is 0 Å². The quantitative estimate of drug-likeness (QED) is 0.460. The van der Waals surface area contributed by atoms with Crippen molar-refractivity contribution in [3.63, 3.8) is 0 Å². The fourth-order valence-electron chi connectivity index (χ4n) is 4.63. The third-order valence-corrected chi connectivity index (χ3v) is 8.00. The molecule has 0 unspecified atom stereocenters. The maximum atomic E-state index is 12.1. The molecule has 2 aliphatic rings. The molecule has 6 heteroatoms. The average Bonchev–Trinajstić information content (AvgIpc) is 2.76. The van der Waals surface area contributed by atoms with Crippen LogP contribution in [0, 0.1) is 22.7 Å². The van der Waals surface area contributed by atoms with Crippen molar-refractivity contribution in [3.8, 4) is 0 Å². The monoisotopic (exact) mass is 418 g/mol. The second-order valence-corrected chi connectivity index (χ2v) is 10.5. The molecule has 0 spiro atoms. The van der Waals surface area contributed by atoms with E-state index in [2.05, 4.69) is 62.6 Å². The fraction of sp³-hybridized carbons (Fsp3) is 0.833. The first-order chi connectivity index (χ1) is 14.1. The Morgan fingerprint density at radius 2 is 1.03 bits per heavy atom. The number of hydrazone groups is 2. The van der Waals surface area contributed by atoms with E-state index in [0.717, 1.165) is 62.8 Å². The van der Waals surface area contributed by atoms with Gasteiger partial charge in [-0.05, 0) is 74.0 Å². The van der Waals surface area contributed by atoms with Crippen molar-refractivity contribution in [3.05, 3.63) is 0 Å². The van der Waals surface area contributed by atoms with Crippen LogP contribution in [-0.2, 0) is 9.59 Å². The SMILES string of the molecule is CCC(C)(C)C1CCC(=NNC(=O)C(=O)NN=C2CCC(C(C)(C)CC)CC2)CC1. The van der Waals surface area contributed by atoms with E-state index in [0.29, 0.717) is 22.7 Å². The van der Waals surface area contributed by atoms with Gasteiger partial charge in [0.05, 0.1) is 0 Å². The Kier molecular flexibility index (Phi) is 8.62. The number of hydrogen-bond donors (Lipinski definition) is 2. The van der Waals surface area contributed by atoms with Crippen molar-refractivity contribution in [1.82, 2.24) is 10.9 Å². The first-order valence-electron chi connectivity index (χ1n) is 11.8. The van der Waals surface area contributed by atoms with Gasteiger partial charge in [0.2, 0.25) is 0 Å². The second kappa shape index (κ2) is 10.5. The molecule has 0 heterocycles. The van der Waals surface area contributed by atoms with Crippen LogP contribution in [0.4, 0.5) is 0 Å². The lowest BCUT2D eigenvalue weighted by molar-refractivity contribution is -0.139. The van der Waals surface area contributed by atoms with Gasteiger partial charge in [0, 0.05) is 11.4 Å². The molecule has 2 N–H and O–H groups in total. The van der Waals surface area contributed by atoms with Gasteiger partial charge in [-0.2, -0.15) is 10.2 Å². The Morgan fingerprint density at radius 1 is 0.733 bits per heavy atom. The van der Waals surface area contributed by atoms with E-state index in [-0.39, 0.29) is 0 Å². The van der Waals surface area contributed by atoms with Gasteiger partial charge in [-0.25, -0.2) is 10.9 Å². The number of nitrogens with one attached hydrogen (secondary N) is 2. The smallest absolute Gasteiger partial charge is 0.262 e. The van der Waals surface area contributed by atoms with E-state index in [1.54, 1.807) is 0 Å². The van der Waals surface area contributed by atoms with Gasteiger partial charge in [-0.3, -0.25) is 9.59 Å². The summed E-state index contributed by atoms with van der Waals surface area (Å²) in [6, 6.07) is 0. The minimum Gasteiger partial charge on any atom is -0.262 e. The van der Waals surface area contributed by atoms with Crippen molar-refractivity contribution in [1.29, 1.82) is 0 Å². The third kappa shape index (κ3) is 6.64. The summed E-state index contributed by atoms with van der Waals surface area (Å²) in [4.78, 5) is 24.1. The topological polar surface area (TPSA) is 82.9 Å². The summed E-state index contributed by atoms with van der Waals surface area (Å²) in [6.45, 7) is 13.8. The Balaban J connectivity index is 1.75. The average molecular weight is 419 g/mol. The summed E-state index contributed by atoms with van der Waals surface area (Å²) in [5.41, 5.74) is 7.46. The first-order valence-corrected chi connectivity index (χ1v) is 11.8. The number of amides is 2. The highest BCUT2D eigenvalue weighted by Crippen LogP contribution is 2.40. The molecule has 0 aromatic carbocycles. The molecular weight excluding hydrogens is 376 g/mol. The van der Waals surface area contributed by atoms with Crippen molar-refractivity contribution in [2.45, 2.75) is 106 Å². The van der Waals surface area contributed by atoms with Gasteiger partial charge in [-0.1, -0.05) is 54.4 Å². The van der Waals surface area contributed by atoms with Crippen molar-refractivity contribution in [2.75, 3.05) is 0 Å². The summed E-state index contributed by atoms with van der Waals surface area (Å²) in [5, 5.41) is 8.39. The zero-order valence-corrected chi connectivity index (χ0v) is 19.9. The van der Waals surface area contributed by atoms with Gasteiger partial charge < -0.3 is 0 Å². The lowest BCUT2D eigenvalue weighted by Gasteiger charge is -2.36. The number of carbonyl (C=O) groups is 2. The van der Waals surface area contributed by atoms with Crippen LogP contribution in [0.15, 0.2) is 10.2 Å². The van der Waals surface area contributed by atoms with Crippen LogP contribution in [0.1, 0.15) is 106 Å². The highest BCUT2D eigenvalue weighted by Gasteiger charge is 2.31. The van der Waals surface area contributed by atoms with E-state index < -0.39 is 11.8 Å². The molecular formula is C24H42N4O2. The highest BCUT2D eigenvalue weighted by molar-refractivity contribution is 6.35. The molecule has 2 fully saturated rings. The zero-order chi connectivity index (χ0) is 22.4. The number of hydrogen-bond acceptors (Lipinski definition) is 4. The molecule has 2 rings (SSSR count). The minimum atomic E-state index is -0.747. The predicted octanol–water partition coefficient (Wildman–Crippen LogP) is 5.18. The van der Waals surface area contributed by atoms with Crippen LogP contribution in [0.25, 0.3) is 0 Å². The van der Waals surface area contributed by atoms with E-state index in [1.165, 1.54) is 12.8 Å². The second-order valence-electron chi connectivity index (χ2n) is 10.5. The van der Waals surface area contributed by atoms with Crippen LogP contribution in [0.3, 0.4) is 0 Å². The third-order valence-electron chi connectivity index (χ3n) is 8.00. The van der Waals surface area contributed by atoms with Crippen LogP contribution < -0.4 is 10.9 Å². The maximum Gasteiger partial charge on any atom is 0.331 e. The van der Waals surface area contributed by atoms with Gasteiger partial charge in [0.25, 0.3) is 0 Å². The maximum absolute atomic E-state index is 12.1. The molecule has 0 saturated heterocycles. The lowest BCUT2D eigenvalue weighted by atomic mass is 9.69. The van der Waals surface area contributed by atoms with Crippen molar-refractivity contribution in [2.24, 2.45) is 32.9 Å². The van der Waals surface area contributed by atoms with Crippen LogP contribution in [-0.4, -0.2) is 23.2 Å². The molecule has 2 aliphatic carbocycles. The standard InChI is InChI=1S/C24H42N4O2/c1-7-23(3,4)17-9-13-19(14-10-17)25-27-21(29)22(30)28-26-20-15-11-18(12-16-20)24(5,6)8-2/h17-18H,7-16H2,1-6H3,(H,27,29)(H,28,30). The molecule has 0 aromatic rings. The van der Waals surface area contributed by atoms with E-state index in [4.69, 9.17) is 0 Å². The van der Waals surface area contributed by atoms with Crippen LogP contribution in [0.2, 0.25) is 0 Å². The minimum absolute atomic E-state index is 0.346. The Bertz CT molecular complexity index is 601. The molecule has 2 saturated carbocycles. The molecule has 6 nitrogen and oxygen atoms in total. The molecule has 0 bridgehead atoms. The lowest BCUT2D eigenvalue weighted by Crippen LogP contribution is -2.37. The number of rotatable bonds is 6. The largest absolute Gasteiger partial charge is 0.331 e. The summed E-state index contributed by atoms with van der Waals surface area (Å²) in [7, 11) is 0. The van der Waals surface area contributed by atoms with E-state index >= 15 is 0 Å².